The van der Waals surface area contributed by atoms with Gasteiger partial charge in [0.2, 0.25) is 5.89 Å². The fourth-order valence-electron chi connectivity index (χ4n) is 4.91. The summed E-state index contributed by atoms with van der Waals surface area (Å²) in [5.41, 5.74) is 7.40. The standard InChI is InChI=1S/C28H19NO3/c1-28(2)19-8-4-3-7-17(19)18-14-25-26(15-20(18)28)30-23-12-11-16(13-24(23)31-25)27-29-21-9-5-6-10-22(21)32-27/h3-15H,1-2H3. The lowest BCUT2D eigenvalue weighted by atomic mass is 9.82. The number of oxazole rings is 1. The number of benzene rings is 4. The van der Waals surface area contributed by atoms with Gasteiger partial charge in [-0.25, -0.2) is 4.98 Å². The van der Waals surface area contributed by atoms with E-state index in [9.17, 15) is 0 Å². The number of fused-ring (bicyclic) bond motifs is 6. The summed E-state index contributed by atoms with van der Waals surface area (Å²) in [6.07, 6.45) is 0. The van der Waals surface area contributed by atoms with Crippen molar-refractivity contribution in [3.8, 4) is 45.6 Å². The first-order valence-electron chi connectivity index (χ1n) is 10.7. The van der Waals surface area contributed by atoms with Crippen LogP contribution < -0.4 is 9.47 Å². The zero-order valence-corrected chi connectivity index (χ0v) is 17.7. The number of aromatic nitrogens is 1. The number of para-hydroxylation sites is 2. The number of nitrogens with zero attached hydrogens (tertiary/aromatic N) is 1. The van der Waals surface area contributed by atoms with Gasteiger partial charge >= 0.3 is 0 Å². The lowest BCUT2D eigenvalue weighted by molar-refractivity contribution is 0.359. The molecule has 32 heavy (non-hydrogen) atoms. The molecule has 2 heterocycles. The van der Waals surface area contributed by atoms with Gasteiger partial charge in [0.25, 0.3) is 0 Å². The summed E-state index contributed by atoms with van der Waals surface area (Å²) in [7, 11) is 0. The van der Waals surface area contributed by atoms with E-state index in [1.807, 2.05) is 42.5 Å². The zero-order chi connectivity index (χ0) is 21.4. The quantitative estimate of drug-likeness (QED) is 0.275. The van der Waals surface area contributed by atoms with Gasteiger partial charge in [-0.15, -0.1) is 0 Å². The third-order valence-electron chi connectivity index (χ3n) is 6.57. The molecule has 154 valence electrons. The predicted molar refractivity (Wildman–Crippen MR) is 124 cm³/mol. The first-order valence-corrected chi connectivity index (χ1v) is 10.7. The van der Waals surface area contributed by atoms with Crippen molar-refractivity contribution < 1.29 is 13.9 Å². The molecule has 4 nitrogen and oxygen atoms in total. The molecule has 0 fully saturated rings. The van der Waals surface area contributed by atoms with Crippen LogP contribution in [0.3, 0.4) is 0 Å². The summed E-state index contributed by atoms with van der Waals surface area (Å²) in [6, 6.07) is 26.3. The summed E-state index contributed by atoms with van der Waals surface area (Å²) in [6.45, 7) is 4.52. The third kappa shape index (κ3) is 2.35. The molecule has 1 aromatic heterocycles. The topological polar surface area (TPSA) is 44.5 Å². The fourth-order valence-corrected chi connectivity index (χ4v) is 4.91. The molecule has 0 atom stereocenters. The highest BCUT2D eigenvalue weighted by molar-refractivity contribution is 5.83. The molecular formula is C28H19NO3. The normalized spacial score (nSPS) is 14.7. The molecule has 0 spiro atoms. The summed E-state index contributed by atoms with van der Waals surface area (Å²) in [5, 5.41) is 0. The predicted octanol–water partition coefficient (Wildman–Crippen LogP) is 7.70. The van der Waals surface area contributed by atoms with Gasteiger partial charge in [-0.2, -0.15) is 0 Å². The molecule has 7 rings (SSSR count). The second kappa shape index (κ2) is 6.01. The van der Waals surface area contributed by atoms with Crippen LogP contribution in [0.4, 0.5) is 0 Å². The van der Waals surface area contributed by atoms with Crippen molar-refractivity contribution in [1.82, 2.24) is 4.98 Å². The van der Waals surface area contributed by atoms with Crippen molar-refractivity contribution in [2.24, 2.45) is 0 Å². The average molecular weight is 417 g/mol. The van der Waals surface area contributed by atoms with E-state index >= 15 is 0 Å². The second-order valence-corrected chi connectivity index (χ2v) is 8.87. The number of ether oxygens (including phenoxy) is 2. The maximum atomic E-state index is 6.33. The Hall–Kier alpha value is -4.05. The summed E-state index contributed by atoms with van der Waals surface area (Å²) in [5.74, 6) is 3.37. The van der Waals surface area contributed by atoms with E-state index in [1.54, 1.807) is 0 Å². The summed E-state index contributed by atoms with van der Waals surface area (Å²) in [4.78, 5) is 4.60. The number of hydrogen-bond donors (Lipinski definition) is 0. The fraction of sp³-hybridized carbons (Fsp3) is 0.107. The van der Waals surface area contributed by atoms with Crippen molar-refractivity contribution in [3.63, 3.8) is 0 Å². The van der Waals surface area contributed by atoms with Crippen LogP contribution in [0.25, 0.3) is 33.7 Å². The van der Waals surface area contributed by atoms with Crippen molar-refractivity contribution >= 4 is 11.1 Å². The Morgan fingerprint density at radius 3 is 2.31 bits per heavy atom. The molecule has 0 amide bonds. The van der Waals surface area contributed by atoms with E-state index in [-0.39, 0.29) is 5.41 Å². The number of rotatable bonds is 1. The van der Waals surface area contributed by atoms with Gasteiger partial charge in [0.1, 0.15) is 5.52 Å². The highest BCUT2D eigenvalue weighted by Gasteiger charge is 2.37. The Kier molecular flexibility index (Phi) is 3.31. The van der Waals surface area contributed by atoms with Gasteiger partial charge in [-0.1, -0.05) is 50.2 Å². The molecule has 4 heteroatoms. The van der Waals surface area contributed by atoms with Crippen LogP contribution in [-0.2, 0) is 5.41 Å². The first-order chi connectivity index (χ1) is 15.6. The van der Waals surface area contributed by atoms with Gasteiger partial charge in [-0.05, 0) is 64.7 Å². The maximum absolute atomic E-state index is 6.33. The Morgan fingerprint density at radius 1 is 0.656 bits per heavy atom. The Morgan fingerprint density at radius 2 is 1.41 bits per heavy atom. The van der Waals surface area contributed by atoms with Gasteiger partial charge in [0, 0.05) is 11.0 Å². The van der Waals surface area contributed by atoms with E-state index in [4.69, 9.17) is 13.9 Å². The minimum atomic E-state index is -0.0819. The molecule has 4 aromatic carbocycles. The molecule has 2 aliphatic rings. The minimum Gasteiger partial charge on any atom is -0.450 e. The van der Waals surface area contributed by atoms with Crippen LogP contribution in [0.1, 0.15) is 25.0 Å². The van der Waals surface area contributed by atoms with E-state index in [0.29, 0.717) is 17.4 Å². The van der Waals surface area contributed by atoms with Crippen molar-refractivity contribution in [2.45, 2.75) is 19.3 Å². The molecule has 0 radical (unpaired) electrons. The zero-order valence-electron chi connectivity index (χ0n) is 17.7. The molecule has 5 aromatic rings. The molecule has 1 aliphatic carbocycles. The van der Waals surface area contributed by atoms with Crippen LogP contribution in [0, 0.1) is 0 Å². The van der Waals surface area contributed by atoms with Crippen LogP contribution in [0.15, 0.2) is 83.3 Å². The van der Waals surface area contributed by atoms with Gasteiger partial charge in [0.15, 0.2) is 28.6 Å². The van der Waals surface area contributed by atoms with E-state index in [1.165, 1.54) is 22.3 Å². The van der Waals surface area contributed by atoms with E-state index in [0.717, 1.165) is 28.2 Å². The van der Waals surface area contributed by atoms with Crippen molar-refractivity contribution in [3.05, 3.63) is 90.0 Å². The van der Waals surface area contributed by atoms with Crippen LogP contribution in [0.2, 0.25) is 0 Å². The monoisotopic (exact) mass is 417 g/mol. The minimum absolute atomic E-state index is 0.0819. The Balaban J connectivity index is 1.32. The molecule has 0 saturated heterocycles. The van der Waals surface area contributed by atoms with Crippen LogP contribution in [-0.4, -0.2) is 4.98 Å². The lowest BCUT2D eigenvalue weighted by Gasteiger charge is -2.25. The van der Waals surface area contributed by atoms with Gasteiger partial charge in [-0.3, -0.25) is 0 Å². The van der Waals surface area contributed by atoms with Crippen LogP contribution >= 0.6 is 0 Å². The Labute approximate surface area is 185 Å². The SMILES string of the molecule is CC1(C)c2ccccc2-c2cc3c(cc21)Oc1ccc(-c2nc4ccccc4o2)cc1O3. The molecule has 0 unspecified atom stereocenters. The van der Waals surface area contributed by atoms with Crippen molar-refractivity contribution in [2.75, 3.05) is 0 Å². The highest BCUT2D eigenvalue weighted by atomic mass is 16.6. The van der Waals surface area contributed by atoms with E-state index < -0.39 is 0 Å². The van der Waals surface area contributed by atoms with Crippen molar-refractivity contribution in [1.29, 1.82) is 0 Å². The molecule has 1 aliphatic heterocycles. The molecule has 0 N–H and O–H groups in total. The molecule has 0 bridgehead atoms. The lowest BCUT2D eigenvalue weighted by Crippen LogP contribution is -2.15. The molecule has 0 saturated carbocycles. The van der Waals surface area contributed by atoms with Crippen LogP contribution in [0.5, 0.6) is 23.0 Å². The van der Waals surface area contributed by atoms with Gasteiger partial charge in [0.05, 0.1) is 0 Å². The molecular weight excluding hydrogens is 398 g/mol. The highest BCUT2D eigenvalue weighted by Crippen LogP contribution is 2.55. The summed E-state index contributed by atoms with van der Waals surface area (Å²) < 4.78 is 18.5. The average Bonchev–Trinajstić information content (AvgIpc) is 3.34. The largest absolute Gasteiger partial charge is 0.450 e. The van der Waals surface area contributed by atoms with Gasteiger partial charge < -0.3 is 13.9 Å². The van der Waals surface area contributed by atoms with E-state index in [2.05, 4.69) is 55.2 Å². The summed E-state index contributed by atoms with van der Waals surface area (Å²) >= 11 is 0. The smallest absolute Gasteiger partial charge is 0.227 e. The maximum Gasteiger partial charge on any atom is 0.227 e. The third-order valence-corrected chi connectivity index (χ3v) is 6.57. The first kappa shape index (κ1) is 17.6. The second-order valence-electron chi connectivity index (χ2n) is 8.87. The number of hydrogen-bond acceptors (Lipinski definition) is 4. The Bertz CT molecular complexity index is 1530.